The Balaban J connectivity index is 2.46. The minimum absolute atomic E-state index is 0.359. The molecule has 0 spiro atoms. The lowest BCUT2D eigenvalue weighted by atomic mass is 10.2. The molecule has 3 N–H and O–H groups in total. The van der Waals surface area contributed by atoms with E-state index in [1.54, 1.807) is 0 Å². The van der Waals surface area contributed by atoms with Gasteiger partial charge >= 0.3 is 0 Å². The predicted molar refractivity (Wildman–Crippen MR) is 78.2 cm³/mol. The first kappa shape index (κ1) is 13.9. The Bertz CT molecular complexity index is 307. The summed E-state index contributed by atoms with van der Waals surface area (Å²) >= 11 is 5.49. The van der Waals surface area contributed by atoms with Crippen molar-refractivity contribution in [3.63, 3.8) is 0 Å². The number of benzene rings is 1. The summed E-state index contributed by atoms with van der Waals surface area (Å²) in [5.41, 5.74) is 6.89. The third kappa shape index (κ3) is 4.76. The minimum atomic E-state index is 0.359. The molecule has 4 heteroatoms. The molecule has 0 saturated heterocycles. The van der Waals surface area contributed by atoms with Crippen LogP contribution in [0.1, 0.15) is 13.3 Å². The summed E-state index contributed by atoms with van der Waals surface area (Å²) in [6.07, 6.45) is 1.11. The molecular weight excluding hydrogens is 284 g/mol. The second-order valence-electron chi connectivity index (χ2n) is 3.54. The molecule has 0 aromatic heterocycles. The zero-order chi connectivity index (χ0) is 11.8. The third-order valence-electron chi connectivity index (χ3n) is 2.33. The topological polar surface area (TPSA) is 38.0 Å². The van der Waals surface area contributed by atoms with Gasteiger partial charge in [0.2, 0.25) is 0 Å². The first-order chi connectivity index (χ1) is 7.77. The van der Waals surface area contributed by atoms with Crippen molar-refractivity contribution in [1.82, 2.24) is 0 Å². The number of para-hydroxylation sites is 1. The van der Waals surface area contributed by atoms with Gasteiger partial charge in [-0.25, -0.2) is 0 Å². The molecule has 0 aliphatic rings. The Labute approximate surface area is 111 Å². The summed E-state index contributed by atoms with van der Waals surface area (Å²) in [5.74, 6) is 2.34. The summed E-state index contributed by atoms with van der Waals surface area (Å²) in [5, 5.41) is 3.47. The van der Waals surface area contributed by atoms with Crippen LogP contribution in [0.5, 0.6) is 0 Å². The number of halogens is 1. The Hall–Kier alpha value is -0.190. The molecule has 1 unspecified atom stereocenters. The van der Waals surface area contributed by atoms with Gasteiger partial charge in [-0.2, -0.15) is 11.8 Å². The molecule has 0 fully saturated rings. The zero-order valence-corrected chi connectivity index (χ0v) is 12.0. The summed E-state index contributed by atoms with van der Waals surface area (Å²) in [7, 11) is 0. The van der Waals surface area contributed by atoms with Crippen molar-refractivity contribution in [2.75, 3.05) is 23.4 Å². The molecule has 1 atom stereocenters. The van der Waals surface area contributed by atoms with Gasteiger partial charge in [-0.15, -0.1) is 0 Å². The van der Waals surface area contributed by atoms with Gasteiger partial charge in [0.05, 0.1) is 0 Å². The SMILES string of the molecule is CCSCCC(CN)Nc1ccccc1Br. The van der Waals surface area contributed by atoms with Crippen LogP contribution in [-0.2, 0) is 0 Å². The van der Waals surface area contributed by atoms with Crippen LogP contribution in [-0.4, -0.2) is 24.1 Å². The number of anilines is 1. The summed E-state index contributed by atoms with van der Waals surface area (Å²) < 4.78 is 1.09. The van der Waals surface area contributed by atoms with Crippen molar-refractivity contribution < 1.29 is 0 Å². The monoisotopic (exact) mass is 302 g/mol. The normalized spacial score (nSPS) is 12.4. The molecule has 16 heavy (non-hydrogen) atoms. The summed E-state index contributed by atoms with van der Waals surface area (Å²) in [4.78, 5) is 0. The molecule has 1 aromatic carbocycles. The van der Waals surface area contributed by atoms with Crippen molar-refractivity contribution >= 4 is 33.4 Å². The lowest BCUT2D eigenvalue weighted by molar-refractivity contribution is 0.709. The van der Waals surface area contributed by atoms with Crippen LogP contribution in [0.15, 0.2) is 28.7 Å². The van der Waals surface area contributed by atoms with Crippen molar-refractivity contribution in [3.8, 4) is 0 Å². The molecule has 0 amide bonds. The maximum absolute atomic E-state index is 5.77. The maximum atomic E-state index is 5.77. The quantitative estimate of drug-likeness (QED) is 0.759. The van der Waals surface area contributed by atoms with E-state index in [1.807, 2.05) is 30.0 Å². The van der Waals surface area contributed by atoms with Crippen LogP contribution < -0.4 is 11.1 Å². The molecule has 0 heterocycles. The lowest BCUT2D eigenvalue weighted by Crippen LogP contribution is -2.29. The van der Waals surface area contributed by atoms with Crippen molar-refractivity contribution in [1.29, 1.82) is 0 Å². The van der Waals surface area contributed by atoms with E-state index in [0.717, 1.165) is 22.3 Å². The number of nitrogens with one attached hydrogen (secondary N) is 1. The first-order valence-corrected chi connectivity index (χ1v) is 7.51. The van der Waals surface area contributed by atoms with E-state index >= 15 is 0 Å². The van der Waals surface area contributed by atoms with Gasteiger partial charge in [0.25, 0.3) is 0 Å². The fourth-order valence-corrected chi connectivity index (χ4v) is 2.56. The Morgan fingerprint density at radius 3 is 2.81 bits per heavy atom. The third-order valence-corrected chi connectivity index (χ3v) is 3.96. The van der Waals surface area contributed by atoms with Crippen LogP contribution in [0.2, 0.25) is 0 Å². The van der Waals surface area contributed by atoms with Gasteiger partial charge in [0.15, 0.2) is 0 Å². The van der Waals surface area contributed by atoms with E-state index in [-0.39, 0.29) is 0 Å². The molecular formula is C12H19BrN2S. The van der Waals surface area contributed by atoms with Gasteiger partial charge < -0.3 is 11.1 Å². The highest BCUT2D eigenvalue weighted by Crippen LogP contribution is 2.22. The van der Waals surface area contributed by atoms with E-state index in [0.29, 0.717) is 12.6 Å². The largest absolute Gasteiger partial charge is 0.380 e. The van der Waals surface area contributed by atoms with Crippen LogP contribution >= 0.6 is 27.7 Å². The van der Waals surface area contributed by atoms with Crippen LogP contribution in [0.3, 0.4) is 0 Å². The lowest BCUT2D eigenvalue weighted by Gasteiger charge is -2.18. The molecule has 1 aromatic rings. The van der Waals surface area contributed by atoms with Crippen LogP contribution in [0.4, 0.5) is 5.69 Å². The molecule has 2 nitrogen and oxygen atoms in total. The fourth-order valence-electron chi connectivity index (χ4n) is 1.42. The van der Waals surface area contributed by atoms with Crippen LogP contribution in [0.25, 0.3) is 0 Å². The Morgan fingerprint density at radius 1 is 1.44 bits per heavy atom. The molecule has 0 bridgehead atoms. The van der Waals surface area contributed by atoms with E-state index in [1.165, 1.54) is 5.75 Å². The summed E-state index contributed by atoms with van der Waals surface area (Å²) in [6, 6.07) is 8.51. The second kappa shape index (κ2) is 7.98. The van der Waals surface area contributed by atoms with E-state index < -0.39 is 0 Å². The predicted octanol–water partition coefficient (Wildman–Crippen LogP) is 3.33. The molecule has 0 aliphatic heterocycles. The average Bonchev–Trinajstić information content (AvgIpc) is 2.30. The molecule has 0 aliphatic carbocycles. The average molecular weight is 303 g/mol. The van der Waals surface area contributed by atoms with Crippen molar-refractivity contribution in [2.45, 2.75) is 19.4 Å². The number of thioether (sulfide) groups is 1. The van der Waals surface area contributed by atoms with E-state index in [2.05, 4.69) is 34.2 Å². The number of rotatable bonds is 7. The van der Waals surface area contributed by atoms with E-state index in [9.17, 15) is 0 Å². The van der Waals surface area contributed by atoms with E-state index in [4.69, 9.17) is 5.73 Å². The highest BCUT2D eigenvalue weighted by molar-refractivity contribution is 9.10. The Morgan fingerprint density at radius 2 is 2.19 bits per heavy atom. The Kier molecular flexibility index (Phi) is 6.92. The fraction of sp³-hybridized carbons (Fsp3) is 0.500. The van der Waals surface area contributed by atoms with Gasteiger partial charge in [-0.3, -0.25) is 0 Å². The second-order valence-corrected chi connectivity index (χ2v) is 5.79. The first-order valence-electron chi connectivity index (χ1n) is 5.56. The van der Waals surface area contributed by atoms with Gasteiger partial charge in [-0.05, 0) is 46.0 Å². The van der Waals surface area contributed by atoms with Crippen molar-refractivity contribution in [2.24, 2.45) is 5.73 Å². The van der Waals surface area contributed by atoms with Gasteiger partial charge in [0, 0.05) is 22.7 Å². The molecule has 0 radical (unpaired) electrons. The number of hydrogen-bond donors (Lipinski definition) is 2. The van der Waals surface area contributed by atoms with Gasteiger partial charge in [0.1, 0.15) is 0 Å². The maximum Gasteiger partial charge on any atom is 0.0487 e. The van der Waals surface area contributed by atoms with Crippen LogP contribution in [0, 0.1) is 0 Å². The molecule has 90 valence electrons. The minimum Gasteiger partial charge on any atom is -0.380 e. The number of nitrogens with two attached hydrogens (primary N) is 1. The smallest absolute Gasteiger partial charge is 0.0487 e. The highest BCUT2D eigenvalue weighted by atomic mass is 79.9. The molecule has 1 rings (SSSR count). The summed E-state index contributed by atoms with van der Waals surface area (Å²) in [6.45, 7) is 2.86. The van der Waals surface area contributed by atoms with Gasteiger partial charge in [-0.1, -0.05) is 19.1 Å². The highest BCUT2D eigenvalue weighted by Gasteiger charge is 2.07. The number of hydrogen-bond acceptors (Lipinski definition) is 3. The molecule has 0 saturated carbocycles. The van der Waals surface area contributed by atoms with Crippen molar-refractivity contribution in [3.05, 3.63) is 28.7 Å². The zero-order valence-electron chi connectivity index (χ0n) is 9.58. The standard InChI is InChI=1S/C12H19BrN2S/c1-2-16-8-7-10(9-14)15-12-6-4-3-5-11(12)13/h3-6,10,15H,2,7-9,14H2,1H3.